The number of rotatable bonds is 2. The molecule has 4 heteroatoms. The van der Waals surface area contributed by atoms with Gasteiger partial charge in [-0.2, -0.15) is 0 Å². The highest BCUT2D eigenvalue weighted by atomic mass is 16.5. The van der Waals surface area contributed by atoms with E-state index in [2.05, 4.69) is 17.0 Å². The molecule has 0 amide bonds. The van der Waals surface area contributed by atoms with Gasteiger partial charge in [-0.3, -0.25) is 4.90 Å². The molecular weight excluding hydrogens is 252 g/mol. The first-order chi connectivity index (χ1) is 9.76. The first-order valence-electron chi connectivity index (χ1n) is 8.35. The van der Waals surface area contributed by atoms with Crippen molar-refractivity contribution >= 4 is 5.71 Å². The highest BCUT2D eigenvalue weighted by Crippen LogP contribution is 2.41. The molecule has 1 spiro atoms. The molecule has 1 N–H and O–H groups in total. The highest BCUT2D eigenvalue weighted by molar-refractivity contribution is 5.87. The van der Waals surface area contributed by atoms with Crippen molar-refractivity contribution in [2.75, 3.05) is 19.7 Å². The van der Waals surface area contributed by atoms with Crippen LogP contribution in [0.2, 0.25) is 0 Å². The van der Waals surface area contributed by atoms with E-state index < -0.39 is 0 Å². The molecule has 1 aliphatic carbocycles. The Morgan fingerprint density at radius 1 is 1.40 bits per heavy atom. The summed E-state index contributed by atoms with van der Waals surface area (Å²) in [5.41, 5.74) is 1.21. The highest BCUT2D eigenvalue weighted by Gasteiger charge is 2.42. The largest absolute Gasteiger partial charge is 0.411 e. The molecule has 4 nitrogen and oxygen atoms in total. The molecule has 114 valence electrons. The van der Waals surface area contributed by atoms with E-state index in [0.717, 1.165) is 38.2 Å². The van der Waals surface area contributed by atoms with E-state index in [9.17, 15) is 0 Å². The molecule has 2 unspecified atom stereocenters. The Bertz CT molecular complexity index is 363. The lowest BCUT2D eigenvalue weighted by molar-refractivity contribution is -0.103. The van der Waals surface area contributed by atoms with Crippen molar-refractivity contribution in [3.05, 3.63) is 0 Å². The molecule has 2 heterocycles. The van der Waals surface area contributed by atoms with Gasteiger partial charge in [0.2, 0.25) is 0 Å². The molecular formula is C16H28N2O2. The first kappa shape index (κ1) is 14.3. The van der Waals surface area contributed by atoms with Crippen LogP contribution in [-0.2, 0) is 4.74 Å². The van der Waals surface area contributed by atoms with Crippen LogP contribution in [0.1, 0.15) is 58.3 Å². The summed E-state index contributed by atoms with van der Waals surface area (Å²) in [5, 5.41) is 12.6. The van der Waals surface area contributed by atoms with E-state index in [-0.39, 0.29) is 5.60 Å². The van der Waals surface area contributed by atoms with Crippen LogP contribution >= 0.6 is 0 Å². The Kier molecular flexibility index (Phi) is 4.32. The van der Waals surface area contributed by atoms with Gasteiger partial charge in [0.25, 0.3) is 0 Å². The first-order valence-corrected chi connectivity index (χ1v) is 8.35. The molecule has 3 rings (SSSR count). The quantitative estimate of drug-likeness (QED) is 0.624. The van der Waals surface area contributed by atoms with Crippen molar-refractivity contribution in [1.29, 1.82) is 0 Å². The van der Waals surface area contributed by atoms with Crippen molar-refractivity contribution in [1.82, 2.24) is 4.90 Å². The predicted octanol–water partition coefficient (Wildman–Crippen LogP) is 3.04. The zero-order valence-electron chi connectivity index (χ0n) is 12.7. The molecule has 0 radical (unpaired) electrons. The van der Waals surface area contributed by atoms with E-state index in [1.54, 1.807) is 0 Å². The summed E-state index contributed by atoms with van der Waals surface area (Å²) in [7, 11) is 0. The fourth-order valence-electron chi connectivity index (χ4n) is 4.45. The summed E-state index contributed by atoms with van der Waals surface area (Å²) < 4.78 is 6.15. The zero-order valence-corrected chi connectivity index (χ0v) is 12.7. The SMILES string of the molecule is CCC1CN(C2CCOC3(CCCC3)C2)CCC1=NO. The maximum atomic E-state index is 9.11. The Balaban J connectivity index is 1.64. The molecule has 0 bridgehead atoms. The third kappa shape index (κ3) is 2.73. The normalized spacial score (nSPS) is 36.8. The summed E-state index contributed by atoms with van der Waals surface area (Å²) in [5.74, 6) is 0.441. The van der Waals surface area contributed by atoms with E-state index in [1.807, 2.05) is 0 Å². The monoisotopic (exact) mass is 280 g/mol. The fourth-order valence-corrected chi connectivity index (χ4v) is 4.45. The molecule has 0 aromatic rings. The van der Waals surface area contributed by atoms with E-state index >= 15 is 0 Å². The summed E-state index contributed by atoms with van der Waals surface area (Å²) in [6.45, 7) is 5.24. The maximum absolute atomic E-state index is 9.11. The second-order valence-corrected chi connectivity index (χ2v) is 6.83. The molecule has 1 saturated carbocycles. The van der Waals surface area contributed by atoms with E-state index in [4.69, 9.17) is 9.94 Å². The van der Waals surface area contributed by atoms with Crippen LogP contribution in [-0.4, -0.2) is 47.2 Å². The van der Waals surface area contributed by atoms with Gasteiger partial charge in [0, 0.05) is 38.1 Å². The van der Waals surface area contributed by atoms with Crippen LogP contribution in [0.15, 0.2) is 5.16 Å². The number of hydrogen-bond donors (Lipinski definition) is 1. The van der Waals surface area contributed by atoms with Crippen LogP contribution in [0.4, 0.5) is 0 Å². The third-order valence-corrected chi connectivity index (χ3v) is 5.70. The smallest absolute Gasteiger partial charge is 0.0697 e. The van der Waals surface area contributed by atoms with Crippen LogP contribution in [0.5, 0.6) is 0 Å². The molecule has 0 aromatic heterocycles. The molecule has 2 atom stereocenters. The van der Waals surface area contributed by atoms with Crippen molar-refractivity contribution in [3.63, 3.8) is 0 Å². The summed E-state index contributed by atoms with van der Waals surface area (Å²) in [4.78, 5) is 2.64. The second-order valence-electron chi connectivity index (χ2n) is 6.83. The van der Waals surface area contributed by atoms with Gasteiger partial charge in [0.1, 0.15) is 0 Å². The van der Waals surface area contributed by atoms with Gasteiger partial charge >= 0.3 is 0 Å². The number of nitrogens with zero attached hydrogens (tertiary/aromatic N) is 2. The summed E-state index contributed by atoms with van der Waals surface area (Å²) >= 11 is 0. The number of piperidine rings is 1. The van der Waals surface area contributed by atoms with Gasteiger partial charge in [-0.1, -0.05) is 24.9 Å². The Morgan fingerprint density at radius 3 is 2.90 bits per heavy atom. The Labute approximate surface area is 122 Å². The fraction of sp³-hybridized carbons (Fsp3) is 0.938. The van der Waals surface area contributed by atoms with Gasteiger partial charge < -0.3 is 9.94 Å². The van der Waals surface area contributed by atoms with Crippen molar-refractivity contribution in [3.8, 4) is 0 Å². The summed E-state index contributed by atoms with van der Waals surface area (Å²) in [6, 6.07) is 0.677. The van der Waals surface area contributed by atoms with Gasteiger partial charge in [-0.15, -0.1) is 0 Å². The lowest BCUT2D eigenvalue weighted by Gasteiger charge is -2.45. The standard InChI is InChI=1S/C16H28N2O2/c1-2-13-12-18(9-5-15(13)17-19)14-6-10-20-16(11-14)7-3-4-8-16/h13-14,19H,2-12H2,1H3. The van der Waals surface area contributed by atoms with Crippen LogP contribution in [0, 0.1) is 5.92 Å². The molecule has 2 saturated heterocycles. The minimum absolute atomic E-state index is 0.204. The van der Waals surface area contributed by atoms with Crippen molar-refractivity contribution in [2.45, 2.75) is 69.9 Å². The number of hydrogen-bond acceptors (Lipinski definition) is 4. The average molecular weight is 280 g/mol. The Hall–Kier alpha value is -0.610. The second kappa shape index (κ2) is 6.02. The molecule has 2 aliphatic heterocycles. The van der Waals surface area contributed by atoms with Crippen molar-refractivity contribution < 1.29 is 9.94 Å². The van der Waals surface area contributed by atoms with Crippen LogP contribution in [0.25, 0.3) is 0 Å². The summed E-state index contributed by atoms with van der Waals surface area (Å²) in [6.07, 6.45) is 9.59. The Morgan fingerprint density at radius 2 is 2.20 bits per heavy atom. The lowest BCUT2D eigenvalue weighted by atomic mass is 9.85. The number of likely N-dealkylation sites (tertiary alicyclic amines) is 1. The number of oxime groups is 1. The van der Waals surface area contributed by atoms with Crippen LogP contribution in [0.3, 0.4) is 0 Å². The average Bonchev–Trinajstić information content (AvgIpc) is 2.94. The lowest BCUT2D eigenvalue weighted by Crippen LogP contribution is -2.52. The molecule has 3 aliphatic rings. The van der Waals surface area contributed by atoms with Gasteiger partial charge in [-0.05, 0) is 32.1 Å². The zero-order chi connectivity index (χ0) is 14.0. The van der Waals surface area contributed by atoms with E-state index in [1.165, 1.54) is 38.5 Å². The van der Waals surface area contributed by atoms with Gasteiger partial charge in [0.15, 0.2) is 0 Å². The van der Waals surface area contributed by atoms with Crippen LogP contribution < -0.4 is 0 Å². The maximum Gasteiger partial charge on any atom is 0.0697 e. The minimum Gasteiger partial charge on any atom is -0.411 e. The number of ether oxygens (including phenoxy) is 1. The predicted molar refractivity (Wildman–Crippen MR) is 79.4 cm³/mol. The third-order valence-electron chi connectivity index (χ3n) is 5.70. The minimum atomic E-state index is 0.204. The van der Waals surface area contributed by atoms with E-state index in [0.29, 0.717) is 12.0 Å². The topological polar surface area (TPSA) is 45.1 Å². The van der Waals surface area contributed by atoms with Crippen molar-refractivity contribution in [2.24, 2.45) is 11.1 Å². The molecule has 0 aromatic carbocycles. The molecule has 20 heavy (non-hydrogen) atoms. The van der Waals surface area contributed by atoms with Gasteiger partial charge in [-0.25, -0.2) is 0 Å². The van der Waals surface area contributed by atoms with Gasteiger partial charge in [0.05, 0.1) is 11.3 Å². The molecule has 3 fully saturated rings.